The van der Waals surface area contributed by atoms with Crippen LogP contribution in [0.4, 0.5) is 5.69 Å². The van der Waals surface area contributed by atoms with Crippen molar-refractivity contribution < 1.29 is 33.8 Å². The van der Waals surface area contributed by atoms with Crippen molar-refractivity contribution in [3.8, 4) is 0 Å². The molecule has 4 bridgehead atoms. The lowest BCUT2D eigenvalue weighted by molar-refractivity contribution is -0.134. The first-order valence-corrected chi connectivity index (χ1v) is 14.7. The normalized spacial score (nSPS) is 23.7. The summed E-state index contributed by atoms with van der Waals surface area (Å²) in [6, 6.07) is 3.04. The number of pyridine rings is 2. The summed E-state index contributed by atoms with van der Waals surface area (Å²) in [5.74, 6) is -1.10. The Morgan fingerprint density at radius 3 is 2.64 bits per heavy atom. The summed E-state index contributed by atoms with van der Waals surface area (Å²) in [5.41, 5.74) is -0.951. The number of nitrogens with one attached hydrogen (secondary N) is 3. The monoisotopic (exact) mass is 605 g/mol. The maximum absolute atomic E-state index is 13.3. The maximum Gasteiger partial charge on any atom is 0.337 e. The molecule has 0 radical (unpaired) electrons. The van der Waals surface area contributed by atoms with Crippen LogP contribution in [-0.2, 0) is 25.7 Å². The van der Waals surface area contributed by atoms with E-state index in [-0.39, 0.29) is 48.1 Å². The molecule has 13 heteroatoms. The molecule has 4 fully saturated rings. The lowest BCUT2D eigenvalue weighted by Crippen LogP contribution is -2.46. The molecule has 13 nitrogen and oxygen atoms in total. The molecular formula is C31H35N5O8. The fourth-order valence-electron chi connectivity index (χ4n) is 7.03. The lowest BCUT2D eigenvalue weighted by atomic mass is 9.79. The van der Waals surface area contributed by atoms with Crippen LogP contribution in [0.3, 0.4) is 0 Å². The first-order valence-electron chi connectivity index (χ1n) is 14.7. The van der Waals surface area contributed by atoms with Crippen LogP contribution < -0.4 is 21.5 Å². The van der Waals surface area contributed by atoms with E-state index in [0.717, 1.165) is 43.6 Å². The number of carboxylic acid groups (broad SMARTS) is 1. The number of amides is 3. The highest BCUT2D eigenvalue weighted by Gasteiger charge is 2.54. The molecule has 4 aliphatic rings. The van der Waals surface area contributed by atoms with Crippen molar-refractivity contribution in [1.82, 2.24) is 20.2 Å². The first-order chi connectivity index (χ1) is 21.1. The summed E-state index contributed by atoms with van der Waals surface area (Å²) in [4.78, 5) is 78.9. The van der Waals surface area contributed by atoms with E-state index in [4.69, 9.17) is 0 Å². The number of aromatic nitrogens is 2. The topological polar surface area (TPSA) is 186 Å². The zero-order valence-corrected chi connectivity index (χ0v) is 24.2. The second-order valence-corrected chi connectivity index (χ2v) is 11.7. The third-order valence-corrected chi connectivity index (χ3v) is 8.92. The fourth-order valence-corrected chi connectivity index (χ4v) is 7.03. The standard InChI is InChI=1S/C31H35N5O8/c1-44-26(38)7-3-2-5-23(33-28(39)20-13-21(31(42)43)15-32-14-20)29(40)34-24-6-4-8-36(30(24)41)16-25(37)35-27-19-10-17-9-18(12-19)22(27)11-17/h3-4,6-8,13-15,17-19,22-23,27H,2,5,9-12,16H2,1H3,(H,33,39)(H,34,40)(H,35,37)(H,42,43)/b7-3+/t17?,18?,19?,22?,23-,27?/m0/s1. The summed E-state index contributed by atoms with van der Waals surface area (Å²) < 4.78 is 5.78. The molecule has 0 saturated heterocycles. The van der Waals surface area contributed by atoms with Crippen molar-refractivity contribution in [2.75, 3.05) is 12.4 Å². The number of esters is 1. The van der Waals surface area contributed by atoms with Gasteiger partial charge < -0.3 is 30.4 Å². The summed E-state index contributed by atoms with van der Waals surface area (Å²) in [7, 11) is 1.22. The van der Waals surface area contributed by atoms with E-state index in [1.54, 1.807) is 6.07 Å². The zero-order chi connectivity index (χ0) is 31.4. The number of rotatable bonds is 12. The Balaban J connectivity index is 1.25. The van der Waals surface area contributed by atoms with Crippen LogP contribution in [0.5, 0.6) is 0 Å². The molecule has 232 valence electrons. The highest BCUT2D eigenvalue weighted by Crippen LogP contribution is 2.58. The van der Waals surface area contributed by atoms with Gasteiger partial charge in [0.1, 0.15) is 18.3 Å². The lowest BCUT2D eigenvalue weighted by Gasteiger charge is -2.32. The van der Waals surface area contributed by atoms with Gasteiger partial charge in [-0.2, -0.15) is 0 Å². The predicted molar refractivity (Wildman–Crippen MR) is 157 cm³/mol. The van der Waals surface area contributed by atoms with E-state index in [1.807, 2.05) is 0 Å². The summed E-state index contributed by atoms with van der Waals surface area (Å²) >= 11 is 0. The van der Waals surface area contributed by atoms with Crippen molar-refractivity contribution in [1.29, 1.82) is 0 Å². The third kappa shape index (κ3) is 6.87. The van der Waals surface area contributed by atoms with E-state index in [9.17, 15) is 33.9 Å². The van der Waals surface area contributed by atoms with Gasteiger partial charge in [-0.05, 0) is 80.4 Å². The number of aromatic carboxylic acids is 1. The Kier molecular flexibility index (Phi) is 9.21. The molecule has 0 aliphatic heterocycles. The van der Waals surface area contributed by atoms with Gasteiger partial charge in [0.15, 0.2) is 0 Å². The molecule has 4 N–H and O–H groups in total. The third-order valence-electron chi connectivity index (χ3n) is 8.92. The Labute approximate surface area is 253 Å². The minimum atomic E-state index is -1.27. The number of carbonyl (C=O) groups excluding carboxylic acids is 4. The predicted octanol–water partition coefficient (Wildman–Crippen LogP) is 1.74. The summed E-state index contributed by atoms with van der Waals surface area (Å²) in [5, 5.41) is 17.5. The van der Waals surface area contributed by atoms with Gasteiger partial charge in [-0.1, -0.05) is 6.08 Å². The number of carbonyl (C=O) groups is 5. The molecule has 6 rings (SSSR count). The van der Waals surface area contributed by atoms with Crippen LogP contribution in [0, 0.1) is 23.7 Å². The second kappa shape index (κ2) is 13.2. The highest BCUT2D eigenvalue weighted by atomic mass is 16.5. The number of methoxy groups -OCH3 is 1. The van der Waals surface area contributed by atoms with E-state index in [1.165, 1.54) is 42.5 Å². The molecule has 0 aromatic carbocycles. The van der Waals surface area contributed by atoms with Gasteiger partial charge in [-0.25, -0.2) is 9.59 Å². The van der Waals surface area contributed by atoms with Crippen molar-refractivity contribution in [2.24, 2.45) is 23.7 Å². The largest absolute Gasteiger partial charge is 0.478 e. The van der Waals surface area contributed by atoms with Crippen LogP contribution in [0.1, 0.15) is 59.2 Å². The van der Waals surface area contributed by atoms with E-state index >= 15 is 0 Å². The SMILES string of the molecule is COC(=O)/C=C/CC[C@H](NC(=O)c1cncc(C(=O)O)c1)C(=O)Nc1cccn(CC(=O)NC2C3CC4CC(C3)C2C4)c1=O. The molecular weight excluding hydrogens is 570 g/mol. The van der Waals surface area contributed by atoms with Crippen molar-refractivity contribution in [3.05, 3.63) is 70.4 Å². The average molecular weight is 606 g/mol. The molecule has 2 heterocycles. The molecule has 3 amide bonds. The van der Waals surface area contributed by atoms with E-state index < -0.39 is 35.4 Å². The van der Waals surface area contributed by atoms with Gasteiger partial charge in [0.25, 0.3) is 11.5 Å². The Bertz CT molecular complexity index is 1550. The molecule has 44 heavy (non-hydrogen) atoms. The molecule has 2 aromatic rings. The quantitative estimate of drug-likeness (QED) is 0.207. The van der Waals surface area contributed by atoms with Crippen LogP contribution >= 0.6 is 0 Å². The number of anilines is 1. The number of nitrogens with zero attached hydrogens (tertiary/aromatic N) is 2. The van der Waals surface area contributed by atoms with Crippen molar-refractivity contribution in [3.63, 3.8) is 0 Å². The minimum Gasteiger partial charge on any atom is -0.478 e. The number of carboxylic acids is 1. The second-order valence-electron chi connectivity index (χ2n) is 11.7. The smallest absolute Gasteiger partial charge is 0.337 e. The number of hydrogen-bond acceptors (Lipinski definition) is 8. The van der Waals surface area contributed by atoms with E-state index in [0.29, 0.717) is 17.8 Å². The van der Waals surface area contributed by atoms with Gasteiger partial charge >= 0.3 is 11.9 Å². The van der Waals surface area contributed by atoms with Crippen LogP contribution in [0.2, 0.25) is 0 Å². The maximum atomic E-state index is 13.3. The first kappa shape index (κ1) is 30.6. The van der Waals surface area contributed by atoms with Gasteiger partial charge in [0.05, 0.1) is 18.2 Å². The molecule has 4 saturated carbocycles. The number of hydrogen-bond donors (Lipinski definition) is 4. The molecule has 0 spiro atoms. The van der Waals surface area contributed by atoms with Crippen LogP contribution in [0.15, 0.2) is 53.7 Å². The minimum absolute atomic E-state index is 0.0338. The highest BCUT2D eigenvalue weighted by molar-refractivity contribution is 6.02. The van der Waals surface area contributed by atoms with Gasteiger partial charge in [-0.15, -0.1) is 0 Å². The number of ether oxygens (including phenoxy) is 1. The average Bonchev–Trinajstić information content (AvgIpc) is 3.42. The molecule has 2 aromatic heterocycles. The van der Waals surface area contributed by atoms with E-state index in [2.05, 4.69) is 25.7 Å². The van der Waals surface area contributed by atoms with Gasteiger partial charge in [0, 0.05) is 30.7 Å². The molecule has 5 unspecified atom stereocenters. The Morgan fingerprint density at radius 2 is 1.89 bits per heavy atom. The Morgan fingerprint density at radius 1 is 1.11 bits per heavy atom. The van der Waals surface area contributed by atoms with Gasteiger partial charge in [0.2, 0.25) is 11.8 Å². The molecule has 6 atom stereocenters. The number of allylic oxidation sites excluding steroid dienone is 1. The zero-order valence-electron chi connectivity index (χ0n) is 24.2. The molecule has 4 aliphatic carbocycles. The Hall–Kier alpha value is -4.81. The van der Waals surface area contributed by atoms with Crippen molar-refractivity contribution >= 4 is 35.3 Å². The summed E-state index contributed by atoms with van der Waals surface area (Å²) in [6.07, 6.45) is 11.3. The fraction of sp³-hybridized carbons (Fsp3) is 0.452. The van der Waals surface area contributed by atoms with Gasteiger partial charge in [-0.3, -0.25) is 24.2 Å². The van der Waals surface area contributed by atoms with Crippen LogP contribution in [0.25, 0.3) is 0 Å². The summed E-state index contributed by atoms with van der Waals surface area (Å²) in [6.45, 7) is -0.196. The van der Waals surface area contributed by atoms with Crippen molar-refractivity contribution in [2.45, 2.75) is 57.2 Å². The van der Waals surface area contributed by atoms with Crippen LogP contribution in [-0.4, -0.2) is 63.5 Å².